The van der Waals surface area contributed by atoms with Gasteiger partial charge >= 0.3 is 5.97 Å². The minimum Gasteiger partial charge on any atom is -0.478 e. The van der Waals surface area contributed by atoms with Crippen molar-refractivity contribution in [1.29, 1.82) is 0 Å². The molecule has 0 radical (unpaired) electrons. The van der Waals surface area contributed by atoms with Gasteiger partial charge in [-0.1, -0.05) is 65.8 Å². The normalized spacial score (nSPS) is 11.2. The molecule has 0 spiro atoms. The number of hydrogen-bond donors (Lipinski definition) is 2. The van der Waals surface area contributed by atoms with Crippen LogP contribution in [0.3, 0.4) is 0 Å². The Hall–Kier alpha value is -3.62. The van der Waals surface area contributed by atoms with Crippen LogP contribution < -0.4 is 5.43 Å². The van der Waals surface area contributed by atoms with Crippen molar-refractivity contribution in [2.45, 2.75) is 11.7 Å². The molecule has 0 unspecified atom stereocenters. The highest BCUT2D eigenvalue weighted by atomic mass is 35.5. The highest BCUT2D eigenvalue weighted by Gasteiger charge is 2.14. The number of hydrogen-bond acceptors (Lipinski definition) is 5. The van der Waals surface area contributed by atoms with Gasteiger partial charge in [-0.15, -0.1) is 0 Å². The van der Waals surface area contributed by atoms with Gasteiger partial charge in [0.15, 0.2) is 5.16 Å². The number of carboxylic acid groups (broad SMARTS) is 1. The summed E-state index contributed by atoms with van der Waals surface area (Å²) in [4.78, 5) is 27.9. The molecule has 9 heteroatoms. The van der Waals surface area contributed by atoms with Gasteiger partial charge in [-0.3, -0.25) is 4.79 Å². The second-order valence-electron chi connectivity index (χ2n) is 7.07. The maximum absolute atomic E-state index is 12.3. The molecule has 0 saturated carbocycles. The lowest BCUT2D eigenvalue weighted by Gasteiger charge is -2.10. The summed E-state index contributed by atoms with van der Waals surface area (Å²) in [5.74, 6) is -1.15. The second kappa shape index (κ2) is 10.3. The van der Waals surface area contributed by atoms with E-state index in [1.54, 1.807) is 12.1 Å². The number of nitrogens with one attached hydrogen (secondary N) is 1. The molecule has 1 heterocycles. The lowest BCUT2D eigenvalue weighted by atomic mass is 10.1. The average molecular weight is 479 g/mol. The van der Waals surface area contributed by atoms with Gasteiger partial charge in [-0.25, -0.2) is 15.2 Å². The number of benzene rings is 3. The molecule has 0 fully saturated rings. The van der Waals surface area contributed by atoms with E-state index in [9.17, 15) is 9.59 Å². The molecule has 0 bridgehead atoms. The lowest BCUT2D eigenvalue weighted by molar-refractivity contribution is -0.118. The van der Waals surface area contributed by atoms with Crippen molar-refractivity contribution in [3.8, 4) is 0 Å². The Labute approximate surface area is 199 Å². The van der Waals surface area contributed by atoms with Gasteiger partial charge in [0.2, 0.25) is 0 Å². The number of fused-ring (bicyclic) bond motifs is 1. The Morgan fingerprint density at radius 3 is 2.55 bits per heavy atom. The largest absolute Gasteiger partial charge is 0.478 e. The Morgan fingerprint density at radius 2 is 1.79 bits per heavy atom. The fourth-order valence-electron chi connectivity index (χ4n) is 3.17. The first-order valence-electron chi connectivity index (χ1n) is 9.98. The van der Waals surface area contributed by atoms with Crippen molar-refractivity contribution in [3.05, 3.63) is 94.5 Å². The number of hydrazone groups is 1. The summed E-state index contributed by atoms with van der Waals surface area (Å²) in [7, 11) is 0. The quantitative estimate of drug-likeness (QED) is 0.218. The summed E-state index contributed by atoms with van der Waals surface area (Å²) in [6.45, 7) is 0.536. The number of carbonyl (C=O) groups excluding carboxylic acids is 1. The molecule has 1 amide bonds. The van der Waals surface area contributed by atoms with Crippen molar-refractivity contribution < 1.29 is 14.7 Å². The minimum absolute atomic E-state index is 0.126. The number of para-hydroxylation sites is 2. The van der Waals surface area contributed by atoms with Crippen LogP contribution in [0.15, 0.2) is 83.1 Å². The molecule has 7 nitrogen and oxygen atoms in total. The van der Waals surface area contributed by atoms with E-state index in [1.165, 1.54) is 30.1 Å². The molecule has 0 atom stereocenters. The molecule has 2 N–H and O–H groups in total. The maximum atomic E-state index is 12.3. The topological polar surface area (TPSA) is 96.6 Å². The van der Waals surface area contributed by atoms with Crippen LogP contribution in [-0.4, -0.2) is 38.5 Å². The van der Waals surface area contributed by atoms with Crippen LogP contribution in [0.1, 0.15) is 21.5 Å². The predicted molar refractivity (Wildman–Crippen MR) is 130 cm³/mol. The van der Waals surface area contributed by atoms with E-state index in [2.05, 4.69) is 15.5 Å². The van der Waals surface area contributed by atoms with Gasteiger partial charge in [0, 0.05) is 5.02 Å². The Bertz CT molecular complexity index is 1340. The molecule has 3 aromatic carbocycles. The number of amides is 1. The third kappa shape index (κ3) is 5.60. The number of carbonyl (C=O) groups is 2. The van der Waals surface area contributed by atoms with E-state index in [1.807, 2.05) is 53.1 Å². The fourth-order valence-corrected chi connectivity index (χ4v) is 4.17. The van der Waals surface area contributed by atoms with E-state index in [4.69, 9.17) is 16.7 Å². The Balaban J connectivity index is 1.43. The summed E-state index contributed by atoms with van der Waals surface area (Å²) in [6.07, 6.45) is 1.46. The van der Waals surface area contributed by atoms with Crippen molar-refractivity contribution in [2.24, 2.45) is 5.10 Å². The fraction of sp³-hybridized carbons (Fsp3) is 0.0833. The first-order valence-corrected chi connectivity index (χ1v) is 11.3. The zero-order chi connectivity index (χ0) is 23.2. The summed E-state index contributed by atoms with van der Waals surface area (Å²) in [5, 5.41) is 14.3. The van der Waals surface area contributed by atoms with E-state index in [0.29, 0.717) is 22.3 Å². The van der Waals surface area contributed by atoms with Gasteiger partial charge in [-0.05, 0) is 41.5 Å². The van der Waals surface area contributed by atoms with E-state index < -0.39 is 5.97 Å². The molecule has 166 valence electrons. The predicted octanol–water partition coefficient (Wildman–Crippen LogP) is 4.68. The zero-order valence-corrected chi connectivity index (χ0v) is 18.9. The number of carboxylic acids is 1. The number of aromatic carboxylic acids is 1. The SMILES string of the molecule is O=C(CSc1nc2ccccc2n1Cc1ccccc1Cl)N/N=C\c1ccc(C(=O)O)cc1. The van der Waals surface area contributed by atoms with Gasteiger partial charge in [0.1, 0.15) is 0 Å². The lowest BCUT2D eigenvalue weighted by Crippen LogP contribution is -2.20. The van der Waals surface area contributed by atoms with E-state index >= 15 is 0 Å². The molecule has 0 aliphatic rings. The summed E-state index contributed by atoms with van der Waals surface area (Å²) in [5.41, 5.74) is 6.12. The summed E-state index contributed by atoms with van der Waals surface area (Å²) in [6, 6.07) is 21.6. The van der Waals surface area contributed by atoms with Crippen molar-refractivity contribution in [1.82, 2.24) is 15.0 Å². The van der Waals surface area contributed by atoms with Crippen LogP contribution in [-0.2, 0) is 11.3 Å². The summed E-state index contributed by atoms with van der Waals surface area (Å²) < 4.78 is 2.04. The molecular weight excluding hydrogens is 460 g/mol. The molecule has 4 rings (SSSR count). The number of rotatable bonds is 8. The number of aromatic nitrogens is 2. The number of nitrogens with zero attached hydrogens (tertiary/aromatic N) is 3. The minimum atomic E-state index is -0.996. The van der Waals surface area contributed by atoms with Crippen molar-refractivity contribution >= 4 is 52.5 Å². The Kier molecular flexibility index (Phi) is 7.07. The highest BCUT2D eigenvalue weighted by molar-refractivity contribution is 7.99. The Morgan fingerprint density at radius 1 is 1.06 bits per heavy atom. The maximum Gasteiger partial charge on any atom is 0.335 e. The molecule has 0 saturated heterocycles. The first kappa shape index (κ1) is 22.6. The van der Waals surface area contributed by atoms with Crippen LogP contribution in [0.25, 0.3) is 11.0 Å². The zero-order valence-electron chi connectivity index (χ0n) is 17.3. The van der Waals surface area contributed by atoms with E-state index in [0.717, 1.165) is 16.6 Å². The second-order valence-corrected chi connectivity index (χ2v) is 8.42. The molecular formula is C24H19ClN4O3S. The van der Waals surface area contributed by atoms with Gasteiger partial charge in [0.25, 0.3) is 5.91 Å². The van der Waals surface area contributed by atoms with Crippen molar-refractivity contribution in [2.75, 3.05) is 5.75 Å². The molecule has 4 aromatic rings. The molecule has 1 aromatic heterocycles. The third-order valence-electron chi connectivity index (χ3n) is 4.80. The van der Waals surface area contributed by atoms with Crippen LogP contribution in [0, 0.1) is 0 Å². The standard InChI is InChI=1S/C24H19ClN4O3S/c25-19-6-2-1-5-18(19)14-29-21-8-4-3-7-20(21)27-24(29)33-15-22(30)28-26-13-16-9-11-17(12-10-16)23(31)32/h1-13H,14-15H2,(H,28,30)(H,31,32)/b26-13-. The van der Waals surface area contributed by atoms with Crippen LogP contribution in [0.4, 0.5) is 0 Å². The van der Waals surface area contributed by atoms with Gasteiger partial charge < -0.3 is 9.67 Å². The number of thioether (sulfide) groups is 1. The summed E-state index contributed by atoms with van der Waals surface area (Å²) >= 11 is 7.67. The highest BCUT2D eigenvalue weighted by Crippen LogP contribution is 2.27. The third-order valence-corrected chi connectivity index (χ3v) is 6.14. The number of halogens is 1. The van der Waals surface area contributed by atoms with Gasteiger partial charge in [0.05, 0.1) is 35.1 Å². The molecule has 0 aliphatic heterocycles. The molecule has 0 aliphatic carbocycles. The monoisotopic (exact) mass is 478 g/mol. The van der Waals surface area contributed by atoms with Crippen LogP contribution in [0.2, 0.25) is 5.02 Å². The van der Waals surface area contributed by atoms with Crippen LogP contribution >= 0.6 is 23.4 Å². The first-order chi connectivity index (χ1) is 16.0. The van der Waals surface area contributed by atoms with Crippen molar-refractivity contribution in [3.63, 3.8) is 0 Å². The van der Waals surface area contributed by atoms with Gasteiger partial charge in [-0.2, -0.15) is 5.10 Å². The average Bonchev–Trinajstić information content (AvgIpc) is 3.17. The number of imidazole rings is 1. The van der Waals surface area contributed by atoms with Crippen LogP contribution in [0.5, 0.6) is 0 Å². The molecule has 33 heavy (non-hydrogen) atoms. The van der Waals surface area contributed by atoms with E-state index in [-0.39, 0.29) is 17.2 Å². The smallest absolute Gasteiger partial charge is 0.335 e.